The van der Waals surface area contributed by atoms with E-state index < -0.39 is 0 Å². The van der Waals surface area contributed by atoms with Crippen molar-refractivity contribution in [2.75, 3.05) is 7.11 Å². The second-order valence-electron chi connectivity index (χ2n) is 5.46. The van der Waals surface area contributed by atoms with Gasteiger partial charge in [-0.25, -0.2) is 0 Å². The summed E-state index contributed by atoms with van der Waals surface area (Å²) in [5, 5.41) is 0. The van der Waals surface area contributed by atoms with Gasteiger partial charge < -0.3 is 4.74 Å². The topological polar surface area (TPSA) is 12.5 Å². The summed E-state index contributed by atoms with van der Waals surface area (Å²) in [5.41, 5.74) is 0.214. The van der Waals surface area contributed by atoms with Crippen molar-refractivity contribution >= 4 is 0 Å². The molecule has 1 saturated heterocycles. The second kappa shape index (κ2) is 4.19. The van der Waals surface area contributed by atoms with Crippen molar-refractivity contribution in [2.24, 2.45) is 5.92 Å². The highest BCUT2D eigenvalue weighted by atomic mass is 16.5. The first-order valence-corrected chi connectivity index (χ1v) is 5.73. The Kier molecular flexibility index (Phi) is 3.59. The third kappa shape index (κ3) is 2.12. The smallest absolute Gasteiger partial charge is 0.111 e. The van der Waals surface area contributed by atoms with Crippen molar-refractivity contribution in [3.05, 3.63) is 0 Å². The molecule has 0 aliphatic carbocycles. The van der Waals surface area contributed by atoms with E-state index in [9.17, 15) is 0 Å². The van der Waals surface area contributed by atoms with E-state index in [2.05, 4.69) is 39.5 Å². The van der Waals surface area contributed by atoms with Crippen molar-refractivity contribution in [1.82, 2.24) is 4.90 Å². The average molecular weight is 199 g/mol. The summed E-state index contributed by atoms with van der Waals surface area (Å²) in [6, 6.07) is 0.681. The van der Waals surface area contributed by atoms with Crippen LogP contribution in [-0.2, 0) is 4.74 Å². The van der Waals surface area contributed by atoms with Crippen LogP contribution in [0, 0.1) is 5.92 Å². The highest BCUT2D eigenvalue weighted by molar-refractivity contribution is 4.93. The summed E-state index contributed by atoms with van der Waals surface area (Å²) >= 11 is 0. The lowest BCUT2D eigenvalue weighted by Crippen LogP contribution is -2.50. The van der Waals surface area contributed by atoms with Gasteiger partial charge in [-0.05, 0) is 39.5 Å². The van der Waals surface area contributed by atoms with Gasteiger partial charge in [0, 0.05) is 18.7 Å². The first-order chi connectivity index (χ1) is 6.41. The lowest BCUT2D eigenvalue weighted by molar-refractivity contribution is -0.0677. The number of methoxy groups -OCH3 is 1. The Balaban J connectivity index is 2.85. The molecule has 1 rings (SSSR count). The van der Waals surface area contributed by atoms with E-state index in [4.69, 9.17) is 4.74 Å². The van der Waals surface area contributed by atoms with Crippen LogP contribution in [0.1, 0.15) is 47.5 Å². The Hall–Kier alpha value is -0.0800. The SMILES string of the molecule is CCC1C(C)CC(OC)N1C(C)(C)C. The number of rotatable bonds is 2. The molecular weight excluding hydrogens is 174 g/mol. The number of nitrogens with zero attached hydrogens (tertiary/aromatic N) is 1. The molecule has 0 bridgehead atoms. The highest BCUT2D eigenvalue weighted by Gasteiger charge is 2.43. The van der Waals surface area contributed by atoms with E-state index in [0.717, 1.165) is 5.92 Å². The Labute approximate surface area is 88.6 Å². The van der Waals surface area contributed by atoms with Crippen molar-refractivity contribution in [3.63, 3.8) is 0 Å². The Bertz CT molecular complexity index is 185. The summed E-state index contributed by atoms with van der Waals surface area (Å²) in [7, 11) is 1.83. The van der Waals surface area contributed by atoms with E-state index in [1.54, 1.807) is 0 Å². The van der Waals surface area contributed by atoms with Crippen LogP contribution in [0.4, 0.5) is 0 Å². The van der Waals surface area contributed by atoms with E-state index in [1.807, 2.05) is 7.11 Å². The van der Waals surface area contributed by atoms with Crippen LogP contribution < -0.4 is 0 Å². The highest BCUT2D eigenvalue weighted by Crippen LogP contribution is 2.37. The van der Waals surface area contributed by atoms with Gasteiger partial charge in [0.15, 0.2) is 0 Å². The van der Waals surface area contributed by atoms with Crippen molar-refractivity contribution in [1.29, 1.82) is 0 Å². The molecule has 1 aliphatic rings. The number of hydrogen-bond acceptors (Lipinski definition) is 2. The van der Waals surface area contributed by atoms with E-state index in [-0.39, 0.29) is 5.54 Å². The van der Waals surface area contributed by atoms with Crippen LogP contribution in [0.2, 0.25) is 0 Å². The van der Waals surface area contributed by atoms with Crippen LogP contribution in [0.15, 0.2) is 0 Å². The molecule has 0 amide bonds. The maximum Gasteiger partial charge on any atom is 0.111 e. The van der Waals surface area contributed by atoms with Gasteiger partial charge in [0.1, 0.15) is 6.23 Å². The van der Waals surface area contributed by atoms with Crippen molar-refractivity contribution in [3.8, 4) is 0 Å². The molecule has 1 heterocycles. The molecule has 1 fully saturated rings. The molecule has 2 heteroatoms. The maximum absolute atomic E-state index is 5.58. The Morgan fingerprint density at radius 1 is 1.36 bits per heavy atom. The average Bonchev–Trinajstić information content (AvgIpc) is 2.40. The third-order valence-corrected chi connectivity index (χ3v) is 3.36. The van der Waals surface area contributed by atoms with Gasteiger partial charge in [-0.15, -0.1) is 0 Å². The van der Waals surface area contributed by atoms with E-state index in [0.29, 0.717) is 12.3 Å². The van der Waals surface area contributed by atoms with Gasteiger partial charge >= 0.3 is 0 Å². The van der Waals surface area contributed by atoms with Gasteiger partial charge in [0.2, 0.25) is 0 Å². The minimum Gasteiger partial charge on any atom is -0.366 e. The summed E-state index contributed by atoms with van der Waals surface area (Å²) in [6.07, 6.45) is 2.71. The largest absolute Gasteiger partial charge is 0.366 e. The molecule has 0 spiro atoms. The molecule has 2 nitrogen and oxygen atoms in total. The summed E-state index contributed by atoms with van der Waals surface area (Å²) in [6.45, 7) is 11.4. The minimum absolute atomic E-state index is 0.214. The minimum atomic E-state index is 0.214. The molecule has 0 aromatic carbocycles. The summed E-state index contributed by atoms with van der Waals surface area (Å²) in [5.74, 6) is 0.754. The first kappa shape index (κ1) is 12.0. The molecule has 3 unspecified atom stereocenters. The van der Waals surface area contributed by atoms with Crippen LogP contribution >= 0.6 is 0 Å². The van der Waals surface area contributed by atoms with E-state index >= 15 is 0 Å². The molecule has 0 aromatic rings. The summed E-state index contributed by atoms with van der Waals surface area (Å²) < 4.78 is 5.58. The first-order valence-electron chi connectivity index (χ1n) is 5.73. The van der Waals surface area contributed by atoms with Crippen LogP contribution in [0.3, 0.4) is 0 Å². The fourth-order valence-electron chi connectivity index (χ4n) is 2.81. The number of likely N-dealkylation sites (tertiary alicyclic amines) is 1. The van der Waals surface area contributed by atoms with Gasteiger partial charge in [0.25, 0.3) is 0 Å². The fourth-order valence-corrected chi connectivity index (χ4v) is 2.81. The number of hydrogen-bond donors (Lipinski definition) is 0. The molecule has 0 N–H and O–H groups in total. The monoisotopic (exact) mass is 199 g/mol. The van der Waals surface area contributed by atoms with Crippen molar-refractivity contribution in [2.45, 2.75) is 65.3 Å². The van der Waals surface area contributed by atoms with Gasteiger partial charge in [-0.2, -0.15) is 0 Å². The zero-order valence-corrected chi connectivity index (χ0v) is 10.5. The van der Waals surface area contributed by atoms with Gasteiger partial charge in [0.05, 0.1) is 0 Å². The molecule has 1 aliphatic heterocycles. The summed E-state index contributed by atoms with van der Waals surface area (Å²) in [4.78, 5) is 2.54. The predicted octanol–water partition coefficient (Wildman–Crippen LogP) is 2.88. The maximum atomic E-state index is 5.58. The molecule has 0 aromatic heterocycles. The molecule has 3 atom stereocenters. The predicted molar refractivity (Wildman–Crippen MR) is 60.2 cm³/mol. The quantitative estimate of drug-likeness (QED) is 0.678. The Morgan fingerprint density at radius 2 is 1.93 bits per heavy atom. The van der Waals surface area contributed by atoms with E-state index in [1.165, 1.54) is 12.8 Å². The zero-order valence-electron chi connectivity index (χ0n) is 10.5. The lowest BCUT2D eigenvalue weighted by atomic mass is 9.97. The molecule has 14 heavy (non-hydrogen) atoms. The zero-order chi connectivity index (χ0) is 10.9. The normalized spacial score (nSPS) is 35.1. The molecule has 84 valence electrons. The van der Waals surface area contributed by atoms with Gasteiger partial charge in [-0.3, -0.25) is 4.90 Å². The van der Waals surface area contributed by atoms with Gasteiger partial charge in [-0.1, -0.05) is 13.8 Å². The molecule has 0 saturated carbocycles. The van der Waals surface area contributed by atoms with Crippen LogP contribution in [0.5, 0.6) is 0 Å². The standard InChI is InChI=1S/C12H25NO/c1-7-10-9(2)8-11(14-6)13(10)12(3,4)5/h9-11H,7-8H2,1-6H3. The third-order valence-electron chi connectivity index (χ3n) is 3.36. The second-order valence-corrected chi connectivity index (χ2v) is 5.46. The fraction of sp³-hybridized carbons (Fsp3) is 1.00. The lowest BCUT2D eigenvalue weighted by Gasteiger charge is -2.40. The number of ether oxygens (including phenoxy) is 1. The molecule has 0 radical (unpaired) electrons. The molecular formula is C12H25NO. The van der Waals surface area contributed by atoms with Crippen molar-refractivity contribution < 1.29 is 4.74 Å². The van der Waals surface area contributed by atoms with Crippen LogP contribution in [0.25, 0.3) is 0 Å². The van der Waals surface area contributed by atoms with Crippen LogP contribution in [-0.4, -0.2) is 29.8 Å². The Morgan fingerprint density at radius 3 is 2.29 bits per heavy atom.